The van der Waals surface area contributed by atoms with Crippen molar-refractivity contribution in [2.45, 2.75) is 79.4 Å². The van der Waals surface area contributed by atoms with Gasteiger partial charge in [0.25, 0.3) is 47.3 Å². The molecule has 0 aliphatic carbocycles. The predicted molar refractivity (Wildman–Crippen MR) is 324 cm³/mol. The number of fused-ring (bicyclic) bond motifs is 4. The largest absolute Gasteiger partial charge is 0.406 e. The molecule has 17 heteroatoms. The van der Waals surface area contributed by atoms with Gasteiger partial charge in [0.15, 0.2) is 11.6 Å². The Morgan fingerprint density at radius 3 is 0.875 bits per heavy atom. The Morgan fingerprint density at radius 1 is 0.318 bits per heavy atom. The zero-order chi connectivity index (χ0) is 63.7. The second-order valence-corrected chi connectivity index (χ2v) is 23.7. The molecule has 0 spiro atoms. The molecule has 442 valence electrons. The minimum Gasteiger partial charge on any atom is -0.289 e. The maximum atomic E-state index is 16.3. The van der Waals surface area contributed by atoms with Gasteiger partial charge in [-0.3, -0.25) is 52.8 Å². The minimum atomic E-state index is -5.08. The van der Waals surface area contributed by atoms with Crippen molar-refractivity contribution in [1.29, 1.82) is 0 Å². The molecule has 0 bridgehead atoms. The maximum absolute atomic E-state index is 16.3. The van der Waals surface area contributed by atoms with Crippen LogP contribution in [-0.2, 0) is 5.41 Å². The van der Waals surface area contributed by atoms with Crippen LogP contribution in [0.1, 0.15) is 194 Å². The zero-order valence-corrected chi connectivity index (χ0v) is 49.3. The molecule has 1 unspecified atom stereocenters. The first-order valence-corrected chi connectivity index (χ1v) is 28.2. The van der Waals surface area contributed by atoms with Crippen LogP contribution in [0.25, 0.3) is 0 Å². The van der Waals surface area contributed by atoms with Crippen LogP contribution in [-0.4, -0.2) is 75.4 Å². The number of anilines is 3. The van der Waals surface area contributed by atoms with Crippen LogP contribution in [0.2, 0.25) is 0 Å². The van der Waals surface area contributed by atoms with E-state index in [0.717, 1.165) is 43.9 Å². The number of nitrogens with zero attached hydrogens (tertiary/aromatic N) is 4. The number of imide groups is 4. The molecular formula is C71H57F3N4O10. The average molecular weight is 1180 g/mol. The SMILES string of the molecule is CC.CC(C)(C)C.CC(C)(C)N1C(=O)c2ccc(C(=O)c3ccc4c(c3)C(=O)N(c3ccc(C(c5ccccc5)(c5ccc(N6C(=O)c7ccc(C(=O)c8ccc9c(c8)C(=O)N(c8ccccc8)C9=O)cc7C6=O)cc5)C(F)(F)F)cc3)C4=O)cc2C1=O. The first-order chi connectivity index (χ1) is 41.6. The van der Waals surface area contributed by atoms with Gasteiger partial charge < -0.3 is 0 Å². The van der Waals surface area contributed by atoms with Gasteiger partial charge in [0.1, 0.15) is 5.41 Å². The van der Waals surface area contributed by atoms with Crippen molar-refractivity contribution in [1.82, 2.24) is 4.90 Å². The number of benzene rings is 8. The molecule has 4 heterocycles. The normalized spacial score (nSPS) is 15.1. The summed E-state index contributed by atoms with van der Waals surface area (Å²) in [4.78, 5) is 140. The standard InChI is InChI=1S/C64H39F3N4O10.C5H12.C2H6/c1-62(2,3)71-60(80)47-29-17-37(33-51(47)61(71)81)53(73)36-16-28-46-50(32-36)59(79)70(56(46)76)43-24-20-40(21-25-43)63(64(65,66)67,38-10-6-4-7-11-38)39-18-22-42(23-19-39)69-55(75)45-27-15-35(31-49(45)58(69)78)52(72)34-14-26-44-48(30-34)57(77)68(54(44)74)41-12-8-5-9-13-41;1-5(2,3)4;1-2/h4-33H,1-3H3;1-4H3;1-2H3. The van der Waals surface area contributed by atoms with E-state index >= 15 is 13.2 Å². The quantitative estimate of drug-likeness (QED) is 0.0725. The average Bonchev–Trinajstić information content (AvgIpc) is 1.06. The van der Waals surface area contributed by atoms with Crippen molar-refractivity contribution >= 4 is 75.9 Å². The highest BCUT2D eigenvalue weighted by Gasteiger charge is 2.58. The summed E-state index contributed by atoms with van der Waals surface area (Å²) in [7, 11) is 0. The molecule has 8 aromatic rings. The summed E-state index contributed by atoms with van der Waals surface area (Å²) in [5, 5.41) is 0. The number of amides is 8. The predicted octanol–water partition coefficient (Wildman–Crippen LogP) is 13.9. The monoisotopic (exact) mass is 1180 g/mol. The molecule has 4 aliphatic heterocycles. The number of halogens is 3. The molecule has 0 saturated heterocycles. The van der Waals surface area contributed by atoms with E-state index < -0.39 is 76.0 Å². The Labute approximate surface area is 504 Å². The van der Waals surface area contributed by atoms with Crippen LogP contribution in [0.4, 0.5) is 30.2 Å². The van der Waals surface area contributed by atoms with E-state index in [9.17, 15) is 47.9 Å². The third-order valence-electron chi connectivity index (χ3n) is 15.0. The summed E-state index contributed by atoms with van der Waals surface area (Å²) in [6.07, 6.45) is -5.08. The van der Waals surface area contributed by atoms with E-state index in [-0.39, 0.29) is 94.8 Å². The van der Waals surface area contributed by atoms with Crippen LogP contribution in [0.15, 0.2) is 182 Å². The van der Waals surface area contributed by atoms with Crippen LogP contribution >= 0.6 is 0 Å². The lowest BCUT2D eigenvalue weighted by Crippen LogP contribution is -2.45. The lowest BCUT2D eigenvalue weighted by atomic mass is 9.68. The zero-order valence-electron chi connectivity index (χ0n) is 49.3. The molecule has 0 N–H and O–H groups in total. The molecule has 0 fully saturated rings. The highest BCUT2D eigenvalue weighted by molar-refractivity contribution is 6.37. The smallest absolute Gasteiger partial charge is 0.289 e. The third kappa shape index (κ3) is 10.2. The first kappa shape index (κ1) is 60.6. The number of carbonyl (C=O) groups excluding carboxylic acids is 10. The van der Waals surface area contributed by atoms with Crippen LogP contribution in [0.3, 0.4) is 0 Å². The van der Waals surface area contributed by atoms with E-state index in [2.05, 4.69) is 27.7 Å². The summed E-state index contributed by atoms with van der Waals surface area (Å²) in [5.74, 6) is -6.78. The van der Waals surface area contributed by atoms with E-state index in [1.165, 1.54) is 121 Å². The van der Waals surface area contributed by atoms with Crippen molar-refractivity contribution in [3.05, 3.63) is 265 Å². The van der Waals surface area contributed by atoms with Crippen molar-refractivity contribution in [2.24, 2.45) is 5.41 Å². The summed E-state index contributed by atoms with van der Waals surface area (Å²) < 4.78 is 48.9. The molecule has 0 radical (unpaired) electrons. The Balaban J connectivity index is 0.00000116. The van der Waals surface area contributed by atoms with Crippen LogP contribution < -0.4 is 14.7 Å². The molecule has 8 aromatic carbocycles. The second-order valence-electron chi connectivity index (χ2n) is 23.7. The Kier molecular flexibility index (Phi) is 15.4. The molecule has 1 atom stereocenters. The maximum Gasteiger partial charge on any atom is 0.406 e. The number of ketones is 2. The van der Waals surface area contributed by atoms with Gasteiger partial charge in [0, 0.05) is 27.8 Å². The van der Waals surface area contributed by atoms with E-state index in [1.54, 1.807) is 57.2 Å². The molecule has 4 aliphatic rings. The van der Waals surface area contributed by atoms with Crippen molar-refractivity contribution in [2.75, 3.05) is 14.7 Å². The topological polar surface area (TPSA) is 184 Å². The molecule has 8 amide bonds. The lowest BCUT2D eigenvalue weighted by molar-refractivity contribution is -0.166. The molecule has 0 aromatic heterocycles. The van der Waals surface area contributed by atoms with Gasteiger partial charge >= 0.3 is 6.18 Å². The Bertz CT molecular complexity index is 4290. The van der Waals surface area contributed by atoms with E-state index in [1.807, 2.05) is 13.8 Å². The van der Waals surface area contributed by atoms with Crippen LogP contribution in [0, 0.1) is 5.41 Å². The fourth-order valence-corrected chi connectivity index (χ4v) is 11.2. The Hall–Kier alpha value is -10.6. The van der Waals surface area contributed by atoms with Gasteiger partial charge in [-0.2, -0.15) is 13.2 Å². The van der Waals surface area contributed by atoms with Crippen molar-refractivity contribution < 1.29 is 61.1 Å². The lowest BCUT2D eigenvalue weighted by Gasteiger charge is -2.38. The second kappa shape index (κ2) is 22.4. The van der Waals surface area contributed by atoms with Crippen LogP contribution in [0.5, 0.6) is 0 Å². The minimum absolute atomic E-state index is 0.00606. The first-order valence-electron chi connectivity index (χ1n) is 28.2. The fourth-order valence-electron chi connectivity index (χ4n) is 11.2. The van der Waals surface area contributed by atoms with Gasteiger partial charge in [0.05, 0.1) is 61.6 Å². The molecule has 0 saturated carbocycles. The van der Waals surface area contributed by atoms with E-state index in [4.69, 9.17) is 0 Å². The summed E-state index contributed by atoms with van der Waals surface area (Å²) in [6, 6.07) is 40.5. The number of hydrogen-bond acceptors (Lipinski definition) is 10. The summed E-state index contributed by atoms with van der Waals surface area (Å²) in [5.41, 5.74) is -4.02. The number of alkyl halides is 3. The number of rotatable bonds is 10. The van der Waals surface area contributed by atoms with Crippen molar-refractivity contribution in [3.8, 4) is 0 Å². The highest BCUT2D eigenvalue weighted by atomic mass is 19.4. The van der Waals surface area contributed by atoms with Gasteiger partial charge in [-0.05, 0) is 128 Å². The number of hydrogen-bond donors (Lipinski definition) is 0. The van der Waals surface area contributed by atoms with E-state index in [0.29, 0.717) is 11.1 Å². The Morgan fingerprint density at radius 2 is 0.568 bits per heavy atom. The fraction of sp³-hybridized carbons (Fsp3) is 0.183. The molecule has 12 rings (SSSR count). The summed E-state index contributed by atoms with van der Waals surface area (Å²) >= 11 is 0. The van der Waals surface area contributed by atoms with Crippen molar-refractivity contribution in [3.63, 3.8) is 0 Å². The number of para-hydroxylation sites is 1. The summed E-state index contributed by atoms with van der Waals surface area (Å²) in [6.45, 7) is 17.9. The molecule has 88 heavy (non-hydrogen) atoms. The molecular weight excluding hydrogens is 1130 g/mol. The van der Waals surface area contributed by atoms with Gasteiger partial charge in [-0.25, -0.2) is 14.7 Å². The van der Waals surface area contributed by atoms with Gasteiger partial charge in [-0.15, -0.1) is 0 Å². The third-order valence-corrected chi connectivity index (χ3v) is 15.0. The molecule has 14 nitrogen and oxygen atoms in total. The number of carbonyl (C=O) groups is 10. The highest BCUT2D eigenvalue weighted by Crippen LogP contribution is 2.52. The van der Waals surface area contributed by atoms with Gasteiger partial charge in [-0.1, -0.05) is 139 Å². The van der Waals surface area contributed by atoms with Gasteiger partial charge in [0.2, 0.25) is 0 Å².